The standard InChI is InChI=1S/C16H13N3O5/c17-14-13(19(22)23)16(12-10(20)6-3-7-11(12)24-14)8-4-1-2-5-9(8)18-15(16)21/h1-2,4-5H,3,6-7,17H2,(H,18,21)/t16-/m1/s1. The first-order valence-electron chi connectivity index (χ1n) is 7.48. The first-order chi connectivity index (χ1) is 11.5. The second-order valence-corrected chi connectivity index (χ2v) is 5.90. The molecule has 1 aromatic rings. The lowest BCUT2D eigenvalue weighted by atomic mass is 9.67. The van der Waals surface area contributed by atoms with Gasteiger partial charge in [0.05, 0.1) is 10.5 Å². The molecule has 122 valence electrons. The first-order valence-corrected chi connectivity index (χ1v) is 7.48. The summed E-state index contributed by atoms with van der Waals surface area (Å²) in [7, 11) is 0. The van der Waals surface area contributed by atoms with E-state index in [0.717, 1.165) is 0 Å². The number of hydrogen-bond donors (Lipinski definition) is 2. The minimum absolute atomic E-state index is 0.0390. The lowest BCUT2D eigenvalue weighted by Crippen LogP contribution is -2.48. The molecule has 0 saturated carbocycles. The normalized spacial score (nSPS) is 25.3. The van der Waals surface area contributed by atoms with E-state index >= 15 is 0 Å². The van der Waals surface area contributed by atoms with Crippen LogP contribution >= 0.6 is 0 Å². The van der Waals surface area contributed by atoms with E-state index in [1.54, 1.807) is 24.3 Å². The van der Waals surface area contributed by atoms with Crippen molar-refractivity contribution < 1.29 is 19.2 Å². The van der Waals surface area contributed by atoms with Crippen LogP contribution in [-0.2, 0) is 19.7 Å². The molecule has 0 bridgehead atoms. The fourth-order valence-corrected chi connectivity index (χ4v) is 3.79. The van der Waals surface area contributed by atoms with Gasteiger partial charge in [0.2, 0.25) is 5.41 Å². The number of nitrogens with two attached hydrogens (primary N) is 1. The van der Waals surface area contributed by atoms with Crippen molar-refractivity contribution in [3.63, 3.8) is 0 Å². The number of rotatable bonds is 1. The van der Waals surface area contributed by atoms with Gasteiger partial charge in [-0.3, -0.25) is 19.7 Å². The molecule has 2 heterocycles. The molecule has 1 atom stereocenters. The van der Waals surface area contributed by atoms with E-state index in [2.05, 4.69) is 5.32 Å². The van der Waals surface area contributed by atoms with Crippen LogP contribution in [0.3, 0.4) is 0 Å². The van der Waals surface area contributed by atoms with E-state index in [1.807, 2.05) is 0 Å². The molecule has 3 aliphatic rings. The van der Waals surface area contributed by atoms with E-state index in [9.17, 15) is 19.7 Å². The molecule has 0 radical (unpaired) electrons. The van der Waals surface area contributed by atoms with Crippen LogP contribution in [-0.4, -0.2) is 16.6 Å². The number of anilines is 1. The summed E-state index contributed by atoms with van der Waals surface area (Å²) in [6.07, 6.45) is 1.17. The van der Waals surface area contributed by atoms with E-state index in [0.29, 0.717) is 24.1 Å². The average Bonchev–Trinajstić information content (AvgIpc) is 2.80. The van der Waals surface area contributed by atoms with Gasteiger partial charge in [-0.1, -0.05) is 18.2 Å². The summed E-state index contributed by atoms with van der Waals surface area (Å²) in [5, 5.41) is 14.4. The van der Waals surface area contributed by atoms with Gasteiger partial charge in [0, 0.05) is 24.1 Å². The van der Waals surface area contributed by atoms with Gasteiger partial charge in [-0.05, 0) is 12.5 Å². The fraction of sp³-hybridized carbons (Fsp3) is 0.250. The number of hydrogen-bond acceptors (Lipinski definition) is 6. The van der Waals surface area contributed by atoms with Gasteiger partial charge in [-0.2, -0.15) is 0 Å². The van der Waals surface area contributed by atoms with Crippen LogP contribution in [0.5, 0.6) is 0 Å². The lowest BCUT2D eigenvalue weighted by Gasteiger charge is -2.34. The van der Waals surface area contributed by atoms with Crippen molar-refractivity contribution in [2.24, 2.45) is 5.73 Å². The van der Waals surface area contributed by atoms with Crippen LogP contribution in [0.15, 0.2) is 47.2 Å². The van der Waals surface area contributed by atoms with Crippen LogP contribution in [0.25, 0.3) is 0 Å². The number of ether oxygens (including phenoxy) is 1. The Hall–Kier alpha value is -3.16. The van der Waals surface area contributed by atoms with Crippen LogP contribution in [0.1, 0.15) is 24.8 Å². The van der Waals surface area contributed by atoms with E-state index in [1.165, 1.54) is 0 Å². The summed E-state index contributed by atoms with van der Waals surface area (Å²) >= 11 is 0. The molecule has 0 aromatic heterocycles. The van der Waals surface area contributed by atoms with Gasteiger partial charge in [-0.15, -0.1) is 0 Å². The number of Topliss-reactive ketones (excluding diaryl/α,β-unsaturated/α-hetero) is 1. The van der Waals surface area contributed by atoms with Crippen molar-refractivity contribution in [2.75, 3.05) is 5.32 Å². The highest BCUT2D eigenvalue weighted by Crippen LogP contribution is 2.53. The topological polar surface area (TPSA) is 125 Å². The fourth-order valence-electron chi connectivity index (χ4n) is 3.79. The molecular weight excluding hydrogens is 314 g/mol. The number of fused-ring (bicyclic) bond motifs is 3. The second-order valence-electron chi connectivity index (χ2n) is 5.90. The Bertz CT molecular complexity index is 885. The Balaban J connectivity index is 2.13. The molecule has 2 aliphatic heterocycles. The number of para-hydroxylation sites is 1. The van der Waals surface area contributed by atoms with Gasteiger partial charge in [0.25, 0.3) is 11.8 Å². The molecule has 8 nitrogen and oxygen atoms in total. The Morgan fingerprint density at radius 3 is 2.75 bits per heavy atom. The quantitative estimate of drug-likeness (QED) is 0.592. The Morgan fingerprint density at radius 1 is 1.25 bits per heavy atom. The number of benzene rings is 1. The maximum Gasteiger partial charge on any atom is 0.330 e. The van der Waals surface area contributed by atoms with Gasteiger partial charge in [0.1, 0.15) is 5.76 Å². The van der Waals surface area contributed by atoms with Gasteiger partial charge < -0.3 is 15.8 Å². The number of nitrogens with zero attached hydrogens (tertiary/aromatic N) is 1. The zero-order chi connectivity index (χ0) is 17.1. The van der Waals surface area contributed by atoms with Crippen molar-refractivity contribution in [3.8, 4) is 0 Å². The molecule has 4 rings (SSSR count). The maximum atomic E-state index is 12.9. The Labute approximate surface area is 136 Å². The smallest absolute Gasteiger partial charge is 0.330 e. The maximum absolute atomic E-state index is 12.9. The molecule has 1 aliphatic carbocycles. The molecule has 24 heavy (non-hydrogen) atoms. The van der Waals surface area contributed by atoms with Gasteiger partial charge in [0.15, 0.2) is 5.78 Å². The van der Waals surface area contributed by atoms with Crippen LogP contribution < -0.4 is 11.1 Å². The van der Waals surface area contributed by atoms with Crippen molar-refractivity contribution in [2.45, 2.75) is 24.7 Å². The molecule has 1 aromatic carbocycles. The van der Waals surface area contributed by atoms with Crippen LogP contribution in [0.4, 0.5) is 5.69 Å². The summed E-state index contributed by atoms with van der Waals surface area (Å²) < 4.78 is 5.38. The molecular formula is C16H13N3O5. The number of nitro groups is 1. The van der Waals surface area contributed by atoms with Crippen molar-refractivity contribution in [1.29, 1.82) is 0 Å². The number of carbonyl (C=O) groups excluding carboxylic acids is 2. The zero-order valence-corrected chi connectivity index (χ0v) is 12.5. The molecule has 3 N–H and O–H groups in total. The third-order valence-corrected chi connectivity index (χ3v) is 4.66. The summed E-state index contributed by atoms with van der Waals surface area (Å²) in [5.74, 6) is -1.17. The minimum atomic E-state index is -1.85. The monoisotopic (exact) mass is 327 g/mol. The number of nitrogens with one attached hydrogen (secondary N) is 1. The molecule has 1 amide bonds. The van der Waals surface area contributed by atoms with Gasteiger partial charge in [-0.25, -0.2) is 0 Å². The van der Waals surface area contributed by atoms with Crippen molar-refractivity contribution in [1.82, 2.24) is 0 Å². The molecule has 1 spiro atoms. The summed E-state index contributed by atoms with van der Waals surface area (Å²) in [5.41, 5.74) is 4.17. The minimum Gasteiger partial charge on any atom is -0.440 e. The number of ketones is 1. The number of allylic oxidation sites excluding steroid dienone is 1. The summed E-state index contributed by atoms with van der Waals surface area (Å²) in [4.78, 5) is 36.5. The predicted molar refractivity (Wildman–Crippen MR) is 81.9 cm³/mol. The van der Waals surface area contributed by atoms with Crippen LogP contribution in [0.2, 0.25) is 0 Å². The second kappa shape index (κ2) is 4.67. The predicted octanol–water partition coefficient (Wildman–Crippen LogP) is 1.32. The largest absolute Gasteiger partial charge is 0.440 e. The Kier molecular flexibility index (Phi) is 2.81. The number of amides is 1. The molecule has 0 saturated heterocycles. The van der Waals surface area contributed by atoms with Crippen molar-refractivity contribution >= 4 is 17.4 Å². The zero-order valence-electron chi connectivity index (χ0n) is 12.5. The highest BCUT2D eigenvalue weighted by molar-refractivity contribution is 6.18. The first kappa shape index (κ1) is 14.4. The highest BCUT2D eigenvalue weighted by Gasteiger charge is 2.65. The third kappa shape index (κ3) is 1.57. The Morgan fingerprint density at radius 2 is 2.00 bits per heavy atom. The molecule has 0 fully saturated rings. The van der Waals surface area contributed by atoms with E-state index in [4.69, 9.17) is 10.5 Å². The molecule has 8 heteroatoms. The molecule has 0 unspecified atom stereocenters. The van der Waals surface area contributed by atoms with Gasteiger partial charge >= 0.3 is 5.70 Å². The lowest BCUT2D eigenvalue weighted by molar-refractivity contribution is -0.436. The third-order valence-electron chi connectivity index (χ3n) is 4.66. The van der Waals surface area contributed by atoms with E-state index in [-0.39, 0.29) is 23.5 Å². The summed E-state index contributed by atoms with van der Waals surface area (Å²) in [6, 6.07) is 6.60. The number of carbonyl (C=O) groups is 2. The highest BCUT2D eigenvalue weighted by atomic mass is 16.6. The average molecular weight is 327 g/mol. The van der Waals surface area contributed by atoms with Crippen molar-refractivity contribution in [3.05, 3.63) is 62.9 Å². The SMILES string of the molecule is NC1=C([N+](=O)[O-])[C@]2(C(=O)Nc3ccccc32)C2=C(CCCC2=O)O1. The van der Waals surface area contributed by atoms with Crippen LogP contribution in [0, 0.1) is 10.1 Å². The summed E-state index contributed by atoms with van der Waals surface area (Å²) in [6.45, 7) is 0. The van der Waals surface area contributed by atoms with E-state index < -0.39 is 27.8 Å².